The number of benzene rings is 2. The van der Waals surface area contributed by atoms with Gasteiger partial charge >= 0.3 is 5.97 Å². The SMILES string of the molecule is CCOC(=O)COCCCC(O)CCCOc1cc(F)c(C2C3=C(C[C@@H](C)N2CC(C)(C)F)c2ccccc2C3)c(F)c1. The standard InChI is InChI=1S/C34H44F3NO5/c1-5-42-31(40)20-41-14-8-11-24(39)12-9-15-43-25-18-29(35)32(30(36)19-25)33-28-17-23-10-6-7-13-26(23)27(28)16-22(2)38(33)21-34(3,4)37/h6-7,10,13,18-19,22,24,33,39H,5,8-9,11-12,14-17,20-21H2,1-4H3/t22-,24?,33?/m1/s1. The van der Waals surface area contributed by atoms with Crippen molar-refractivity contribution in [3.8, 4) is 5.75 Å². The van der Waals surface area contributed by atoms with Gasteiger partial charge in [-0.15, -0.1) is 0 Å². The highest BCUT2D eigenvalue weighted by Crippen LogP contribution is 2.50. The molecule has 1 aliphatic heterocycles. The van der Waals surface area contributed by atoms with Gasteiger partial charge in [-0.2, -0.15) is 0 Å². The van der Waals surface area contributed by atoms with Crippen LogP contribution in [0.2, 0.25) is 0 Å². The number of ether oxygens (including phenoxy) is 3. The Balaban J connectivity index is 1.39. The summed E-state index contributed by atoms with van der Waals surface area (Å²) in [5, 5.41) is 10.2. The number of halogens is 3. The second kappa shape index (κ2) is 14.7. The van der Waals surface area contributed by atoms with Gasteiger partial charge in [-0.1, -0.05) is 24.3 Å². The molecule has 2 aromatic carbocycles. The lowest BCUT2D eigenvalue weighted by molar-refractivity contribution is -0.148. The summed E-state index contributed by atoms with van der Waals surface area (Å²) in [6.45, 7) is 7.45. The molecule has 2 aliphatic rings. The maximum atomic E-state index is 15.8. The van der Waals surface area contributed by atoms with E-state index >= 15 is 8.78 Å². The molecule has 0 saturated heterocycles. The number of carbonyl (C=O) groups excluding carboxylic acids is 1. The molecule has 43 heavy (non-hydrogen) atoms. The zero-order chi connectivity index (χ0) is 31.1. The monoisotopic (exact) mass is 603 g/mol. The largest absolute Gasteiger partial charge is 0.493 e. The van der Waals surface area contributed by atoms with Crippen molar-refractivity contribution < 1.29 is 37.3 Å². The Morgan fingerprint density at radius 2 is 1.79 bits per heavy atom. The second-order valence-electron chi connectivity index (χ2n) is 12.1. The third-order valence-corrected chi connectivity index (χ3v) is 8.02. The Hall–Kier alpha value is -2.88. The van der Waals surface area contributed by atoms with E-state index in [1.54, 1.807) is 6.92 Å². The van der Waals surface area contributed by atoms with Gasteiger partial charge in [0.05, 0.1) is 25.4 Å². The average molecular weight is 604 g/mol. The summed E-state index contributed by atoms with van der Waals surface area (Å²) in [5.41, 5.74) is 2.63. The van der Waals surface area contributed by atoms with Gasteiger partial charge in [-0.25, -0.2) is 18.0 Å². The predicted octanol–water partition coefficient (Wildman–Crippen LogP) is 6.74. The molecule has 3 atom stereocenters. The van der Waals surface area contributed by atoms with Crippen molar-refractivity contribution in [2.75, 3.05) is 33.0 Å². The molecule has 2 aromatic rings. The van der Waals surface area contributed by atoms with Crippen molar-refractivity contribution in [2.24, 2.45) is 0 Å². The highest BCUT2D eigenvalue weighted by molar-refractivity contribution is 5.79. The third kappa shape index (κ3) is 8.61. The molecule has 6 nitrogen and oxygen atoms in total. The Bertz CT molecular complexity index is 1270. The van der Waals surface area contributed by atoms with E-state index in [0.29, 0.717) is 51.7 Å². The van der Waals surface area contributed by atoms with Crippen LogP contribution in [0.3, 0.4) is 0 Å². The molecule has 0 bridgehead atoms. The highest BCUT2D eigenvalue weighted by atomic mass is 19.1. The average Bonchev–Trinajstić information content (AvgIpc) is 3.29. The molecule has 0 radical (unpaired) electrons. The minimum atomic E-state index is -1.55. The lowest BCUT2D eigenvalue weighted by Crippen LogP contribution is -2.47. The molecule has 0 saturated carbocycles. The Labute approximate surface area is 252 Å². The number of hydrogen-bond donors (Lipinski definition) is 1. The van der Waals surface area contributed by atoms with E-state index in [0.717, 1.165) is 22.3 Å². The number of rotatable bonds is 15. The van der Waals surface area contributed by atoms with Crippen molar-refractivity contribution in [3.63, 3.8) is 0 Å². The van der Waals surface area contributed by atoms with Crippen LogP contribution in [0.15, 0.2) is 42.0 Å². The van der Waals surface area contributed by atoms with Crippen LogP contribution in [0.1, 0.15) is 82.5 Å². The number of hydrogen-bond acceptors (Lipinski definition) is 6. The molecule has 0 amide bonds. The highest BCUT2D eigenvalue weighted by Gasteiger charge is 2.43. The molecule has 2 unspecified atom stereocenters. The van der Waals surface area contributed by atoms with E-state index in [2.05, 4.69) is 6.07 Å². The van der Waals surface area contributed by atoms with Crippen LogP contribution in [0.4, 0.5) is 13.2 Å². The Morgan fingerprint density at radius 1 is 1.12 bits per heavy atom. The molecule has 4 rings (SSSR count). The first-order valence-electron chi connectivity index (χ1n) is 15.3. The Kier molecular flexibility index (Phi) is 11.3. The van der Waals surface area contributed by atoms with Gasteiger partial charge in [0.15, 0.2) is 0 Å². The van der Waals surface area contributed by atoms with Crippen molar-refractivity contribution in [3.05, 3.63) is 70.3 Å². The quantitative estimate of drug-likeness (QED) is 0.180. The fraction of sp³-hybridized carbons (Fsp3) is 0.559. The minimum Gasteiger partial charge on any atom is -0.493 e. The number of fused-ring (bicyclic) bond motifs is 2. The lowest BCUT2D eigenvalue weighted by Gasteiger charge is -2.44. The number of carbonyl (C=O) groups is 1. The molecular formula is C34H44F3NO5. The summed E-state index contributed by atoms with van der Waals surface area (Å²) < 4.78 is 62.3. The van der Waals surface area contributed by atoms with Crippen molar-refractivity contribution in [1.82, 2.24) is 4.90 Å². The van der Waals surface area contributed by atoms with E-state index in [9.17, 15) is 14.3 Å². The molecule has 1 heterocycles. The van der Waals surface area contributed by atoms with Crippen molar-refractivity contribution in [1.29, 1.82) is 0 Å². The van der Waals surface area contributed by atoms with Gasteiger partial charge in [0.25, 0.3) is 0 Å². The summed E-state index contributed by atoms with van der Waals surface area (Å²) in [4.78, 5) is 13.2. The van der Waals surface area contributed by atoms with Crippen molar-refractivity contribution in [2.45, 2.75) is 90.1 Å². The van der Waals surface area contributed by atoms with Crippen LogP contribution in [-0.2, 0) is 20.7 Å². The molecule has 1 aliphatic carbocycles. The van der Waals surface area contributed by atoms with Gasteiger partial charge in [-0.05, 0) is 88.5 Å². The summed E-state index contributed by atoms with van der Waals surface area (Å²) in [6, 6.07) is 9.60. The van der Waals surface area contributed by atoms with Gasteiger partial charge < -0.3 is 19.3 Å². The Morgan fingerprint density at radius 3 is 2.47 bits per heavy atom. The summed E-state index contributed by atoms with van der Waals surface area (Å²) in [5.74, 6) is -1.78. The smallest absolute Gasteiger partial charge is 0.332 e. The summed E-state index contributed by atoms with van der Waals surface area (Å²) in [7, 11) is 0. The van der Waals surface area contributed by atoms with Crippen LogP contribution < -0.4 is 4.74 Å². The van der Waals surface area contributed by atoms with Crippen LogP contribution >= 0.6 is 0 Å². The van der Waals surface area contributed by atoms with Crippen LogP contribution in [0.5, 0.6) is 5.75 Å². The maximum Gasteiger partial charge on any atom is 0.332 e. The second-order valence-corrected chi connectivity index (χ2v) is 12.1. The normalized spacial score (nSPS) is 19.3. The van der Waals surface area contributed by atoms with E-state index in [1.165, 1.54) is 26.0 Å². The molecule has 0 fully saturated rings. The minimum absolute atomic E-state index is 0.0446. The topological polar surface area (TPSA) is 68.2 Å². The fourth-order valence-electron chi connectivity index (χ4n) is 6.18. The van der Waals surface area contributed by atoms with E-state index in [-0.39, 0.29) is 37.1 Å². The van der Waals surface area contributed by atoms with E-state index in [4.69, 9.17) is 14.2 Å². The lowest BCUT2D eigenvalue weighted by atomic mass is 9.84. The molecular weight excluding hydrogens is 559 g/mol. The molecule has 0 spiro atoms. The molecule has 1 N–H and O–H groups in total. The summed E-state index contributed by atoms with van der Waals surface area (Å²) in [6.07, 6.45) is 2.70. The van der Waals surface area contributed by atoms with Crippen LogP contribution in [-0.4, -0.2) is 66.8 Å². The fourth-order valence-corrected chi connectivity index (χ4v) is 6.18. The van der Waals surface area contributed by atoms with E-state index in [1.807, 2.05) is 30.0 Å². The number of nitrogens with zero attached hydrogens (tertiary/aromatic N) is 1. The van der Waals surface area contributed by atoms with Gasteiger partial charge in [0, 0.05) is 36.9 Å². The molecule has 9 heteroatoms. The maximum absolute atomic E-state index is 15.8. The number of esters is 1. The van der Waals surface area contributed by atoms with Gasteiger partial charge in [0.1, 0.15) is 29.7 Å². The van der Waals surface area contributed by atoms with Crippen molar-refractivity contribution >= 4 is 11.5 Å². The first-order chi connectivity index (χ1) is 20.5. The van der Waals surface area contributed by atoms with Gasteiger partial charge in [-0.3, -0.25) is 4.90 Å². The zero-order valence-corrected chi connectivity index (χ0v) is 25.6. The first kappa shape index (κ1) is 33.0. The van der Waals surface area contributed by atoms with Gasteiger partial charge in [0.2, 0.25) is 0 Å². The summed E-state index contributed by atoms with van der Waals surface area (Å²) >= 11 is 0. The van der Waals surface area contributed by atoms with E-state index < -0.39 is 35.4 Å². The molecule has 236 valence electrons. The number of alkyl halides is 1. The number of aliphatic hydroxyl groups is 1. The molecule has 0 aromatic heterocycles. The van der Waals surface area contributed by atoms with Crippen LogP contribution in [0.25, 0.3) is 5.57 Å². The zero-order valence-electron chi connectivity index (χ0n) is 25.6. The third-order valence-electron chi connectivity index (χ3n) is 8.02. The predicted molar refractivity (Wildman–Crippen MR) is 160 cm³/mol. The van der Waals surface area contributed by atoms with Crippen LogP contribution in [0, 0.1) is 11.6 Å². The number of aliphatic hydroxyl groups excluding tert-OH is 1. The first-order valence-corrected chi connectivity index (χ1v) is 15.3.